The summed E-state index contributed by atoms with van der Waals surface area (Å²) >= 11 is 5.97. The fourth-order valence-electron chi connectivity index (χ4n) is 1.97. The van der Waals surface area contributed by atoms with Gasteiger partial charge < -0.3 is 10.1 Å². The number of nitrogens with zero attached hydrogens (tertiary/aromatic N) is 1. The Morgan fingerprint density at radius 3 is 2.68 bits per heavy atom. The maximum atomic E-state index is 12.2. The average molecular weight is 322 g/mol. The fraction of sp³-hybridized carbons (Fsp3) is 0.375. The monoisotopic (exact) mass is 321 g/mol. The van der Waals surface area contributed by atoms with Crippen molar-refractivity contribution in [2.45, 2.75) is 32.7 Å². The normalized spacial score (nSPS) is 11.3. The zero-order chi connectivity index (χ0) is 16.3. The number of methoxy groups -OCH3 is 1. The molecule has 0 atom stereocenters. The van der Waals surface area contributed by atoms with Crippen molar-refractivity contribution >= 4 is 17.5 Å². The molecule has 22 heavy (non-hydrogen) atoms. The number of aromatic nitrogens is 2. The zero-order valence-corrected chi connectivity index (χ0v) is 13.9. The Balaban J connectivity index is 2.07. The Kier molecular flexibility index (Phi) is 4.76. The number of hydrogen-bond donors (Lipinski definition) is 2. The second-order valence-corrected chi connectivity index (χ2v) is 6.49. The number of halogens is 1. The minimum Gasteiger partial charge on any atom is -0.496 e. The lowest BCUT2D eigenvalue weighted by atomic mass is 9.92. The SMILES string of the molecule is COc1ccc(Cl)cc1CNC(=O)c1cc(C(C)(C)C)[nH]n1. The number of aromatic amines is 1. The third-order valence-electron chi connectivity index (χ3n) is 3.30. The van der Waals surface area contributed by atoms with Gasteiger partial charge in [-0.15, -0.1) is 0 Å². The molecule has 0 bridgehead atoms. The van der Waals surface area contributed by atoms with Gasteiger partial charge in [0.2, 0.25) is 0 Å². The van der Waals surface area contributed by atoms with Gasteiger partial charge in [-0.05, 0) is 24.3 Å². The van der Waals surface area contributed by atoms with Crippen LogP contribution in [0.1, 0.15) is 42.5 Å². The van der Waals surface area contributed by atoms with E-state index >= 15 is 0 Å². The summed E-state index contributed by atoms with van der Waals surface area (Å²) in [6.07, 6.45) is 0. The third kappa shape index (κ3) is 3.80. The number of benzene rings is 1. The highest BCUT2D eigenvalue weighted by atomic mass is 35.5. The number of amides is 1. The second kappa shape index (κ2) is 6.40. The average Bonchev–Trinajstić information content (AvgIpc) is 2.95. The van der Waals surface area contributed by atoms with Crippen molar-refractivity contribution < 1.29 is 9.53 Å². The molecule has 1 amide bonds. The van der Waals surface area contributed by atoms with Crippen LogP contribution in [0.5, 0.6) is 5.75 Å². The van der Waals surface area contributed by atoms with Crippen LogP contribution in [0, 0.1) is 0 Å². The molecule has 1 heterocycles. The minimum atomic E-state index is -0.242. The van der Waals surface area contributed by atoms with Crippen LogP contribution in [0.15, 0.2) is 24.3 Å². The van der Waals surface area contributed by atoms with E-state index in [4.69, 9.17) is 16.3 Å². The summed E-state index contributed by atoms with van der Waals surface area (Å²) in [6.45, 7) is 6.48. The van der Waals surface area contributed by atoms with E-state index in [9.17, 15) is 4.79 Å². The number of H-pyrrole nitrogens is 1. The number of ether oxygens (including phenoxy) is 1. The van der Waals surface area contributed by atoms with Crippen molar-refractivity contribution in [3.63, 3.8) is 0 Å². The van der Waals surface area contributed by atoms with Crippen LogP contribution in [-0.2, 0) is 12.0 Å². The first-order valence-electron chi connectivity index (χ1n) is 6.98. The molecule has 5 nitrogen and oxygen atoms in total. The first-order chi connectivity index (χ1) is 10.3. The fourth-order valence-corrected chi connectivity index (χ4v) is 2.17. The molecule has 0 aliphatic heterocycles. The molecule has 1 aromatic carbocycles. The Hall–Kier alpha value is -2.01. The Morgan fingerprint density at radius 2 is 2.09 bits per heavy atom. The molecule has 1 aromatic heterocycles. The van der Waals surface area contributed by atoms with Gasteiger partial charge in [0.05, 0.1) is 7.11 Å². The van der Waals surface area contributed by atoms with Gasteiger partial charge in [-0.2, -0.15) is 5.10 Å². The molecule has 0 saturated heterocycles. The van der Waals surface area contributed by atoms with E-state index in [-0.39, 0.29) is 11.3 Å². The van der Waals surface area contributed by atoms with E-state index in [1.807, 2.05) is 0 Å². The van der Waals surface area contributed by atoms with Crippen LogP contribution in [0.3, 0.4) is 0 Å². The molecule has 0 spiro atoms. The predicted octanol–water partition coefficient (Wildman–Crippen LogP) is 3.30. The summed E-state index contributed by atoms with van der Waals surface area (Å²) in [7, 11) is 1.58. The van der Waals surface area contributed by atoms with Gasteiger partial charge in [-0.25, -0.2) is 0 Å². The molecule has 0 unspecified atom stereocenters. The number of rotatable bonds is 4. The lowest BCUT2D eigenvalue weighted by Crippen LogP contribution is -2.23. The molecular formula is C16H20ClN3O2. The van der Waals surface area contributed by atoms with Crippen LogP contribution in [0.2, 0.25) is 5.02 Å². The minimum absolute atomic E-state index is 0.0816. The summed E-state index contributed by atoms with van der Waals surface area (Å²) < 4.78 is 5.26. The highest BCUT2D eigenvalue weighted by molar-refractivity contribution is 6.30. The summed E-state index contributed by atoms with van der Waals surface area (Å²) in [5, 5.41) is 10.4. The summed E-state index contributed by atoms with van der Waals surface area (Å²) in [5.74, 6) is 0.441. The highest BCUT2D eigenvalue weighted by Crippen LogP contribution is 2.23. The molecule has 118 valence electrons. The molecule has 0 aliphatic rings. The van der Waals surface area contributed by atoms with E-state index in [1.54, 1.807) is 31.4 Å². The van der Waals surface area contributed by atoms with Crippen LogP contribution in [0.25, 0.3) is 0 Å². The summed E-state index contributed by atoms with van der Waals surface area (Å²) in [5.41, 5.74) is 2.01. The largest absolute Gasteiger partial charge is 0.496 e. The molecule has 2 aromatic rings. The van der Waals surface area contributed by atoms with Gasteiger partial charge in [0, 0.05) is 28.2 Å². The topological polar surface area (TPSA) is 67.0 Å². The number of nitrogens with one attached hydrogen (secondary N) is 2. The molecule has 0 aliphatic carbocycles. The Labute approximate surface area is 135 Å². The van der Waals surface area contributed by atoms with Crippen molar-refractivity contribution in [1.29, 1.82) is 0 Å². The van der Waals surface area contributed by atoms with E-state index in [0.717, 1.165) is 11.3 Å². The van der Waals surface area contributed by atoms with Crippen molar-refractivity contribution in [3.8, 4) is 5.75 Å². The zero-order valence-electron chi connectivity index (χ0n) is 13.2. The lowest BCUT2D eigenvalue weighted by Gasteiger charge is -2.14. The van der Waals surface area contributed by atoms with Gasteiger partial charge in [0.15, 0.2) is 0 Å². The van der Waals surface area contributed by atoms with Crippen LogP contribution in [0.4, 0.5) is 0 Å². The summed E-state index contributed by atoms with van der Waals surface area (Å²) in [6, 6.07) is 7.06. The van der Waals surface area contributed by atoms with E-state index in [1.165, 1.54) is 0 Å². The Morgan fingerprint density at radius 1 is 1.36 bits per heavy atom. The van der Waals surface area contributed by atoms with E-state index < -0.39 is 0 Å². The molecule has 2 N–H and O–H groups in total. The first kappa shape index (κ1) is 16.4. The van der Waals surface area contributed by atoms with Gasteiger partial charge in [0.1, 0.15) is 11.4 Å². The second-order valence-electron chi connectivity index (χ2n) is 6.06. The van der Waals surface area contributed by atoms with Crippen molar-refractivity contribution in [1.82, 2.24) is 15.5 Å². The number of hydrogen-bond acceptors (Lipinski definition) is 3. The first-order valence-corrected chi connectivity index (χ1v) is 7.35. The number of carbonyl (C=O) groups excluding carboxylic acids is 1. The Bertz CT molecular complexity index is 674. The quantitative estimate of drug-likeness (QED) is 0.908. The molecule has 0 fully saturated rings. The third-order valence-corrected chi connectivity index (χ3v) is 3.54. The molecule has 0 saturated carbocycles. The van der Waals surface area contributed by atoms with Gasteiger partial charge in [-0.3, -0.25) is 9.89 Å². The van der Waals surface area contributed by atoms with Crippen molar-refractivity contribution in [3.05, 3.63) is 46.2 Å². The van der Waals surface area contributed by atoms with Crippen molar-refractivity contribution in [2.75, 3.05) is 7.11 Å². The van der Waals surface area contributed by atoms with Gasteiger partial charge >= 0.3 is 0 Å². The molecule has 6 heteroatoms. The summed E-state index contributed by atoms with van der Waals surface area (Å²) in [4.78, 5) is 12.2. The van der Waals surface area contributed by atoms with E-state index in [0.29, 0.717) is 23.0 Å². The van der Waals surface area contributed by atoms with Crippen LogP contribution >= 0.6 is 11.6 Å². The number of carbonyl (C=O) groups is 1. The van der Waals surface area contributed by atoms with E-state index in [2.05, 4.69) is 36.3 Å². The van der Waals surface area contributed by atoms with Crippen LogP contribution in [-0.4, -0.2) is 23.2 Å². The maximum Gasteiger partial charge on any atom is 0.272 e. The molecule has 0 radical (unpaired) electrons. The lowest BCUT2D eigenvalue weighted by molar-refractivity contribution is 0.0945. The van der Waals surface area contributed by atoms with Crippen LogP contribution < -0.4 is 10.1 Å². The van der Waals surface area contributed by atoms with Gasteiger partial charge in [0.25, 0.3) is 5.91 Å². The van der Waals surface area contributed by atoms with Crippen molar-refractivity contribution in [2.24, 2.45) is 0 Å². The standard InChI is InChI=1S/C16H20ClN3O2/c1-16(2,3)14-8-12(19-20-14)15(21)18-9-10-7-11(17)5-6-13(10)22-4/h5-8H,9H2,1-4H3,(H,18,21)(H,19,20). The smallest absolute Gasteiger partial charge is 0.272 e. The molecular weight excluding hydrogens is 302 g/mol. The highest BCUT2D eigenvalue weighted by Gasteiger charge is 2.19. The van der Waals surface area contributed by atoms with Gasteiger partial charge in [-0.1, -0.05) is 32.4 Å². The maximum absolute atomic E-state index is 12.2. The predicted molar refractivity (Wildman–Crippen MR) is 86.5 cm³/mol. The molecule has 2 rings (SSSR count).